The highest BCUT2D eigenvalue weighted by molar-refractivity contribution is 5.91. The number of benzene rings is 1. The lowest BCUT2D eigenvalue weighted by molar-refractivity contribution is -0.116. The molecule has 2 unspecified atom stereocenters. The van der Waals surface area contributed by atoms with Crippen LogP contribution in [0.2, 0.25) is 0 Å². The highest BCUT2D eigenvalue weighted by Gasteiger charge is 2.16. The van der Waals surface area contributed by atoms with Crippen molar-refractivity contribution in [2.75, 3.05) is 18.4 Å². The topological polar surface area (TPSA) is 58.4 Å². The second-order valence-electron chi connectivity index (χ2n) is 6.41. The van der Waals surface area contributed by atoms with Gasteiger partial charge in [0, 0.05) is 31.2 Å². The molecule has 1 amide bonds. The zero-order valence-corrected chi connectivity index (χ0v) is 15.6. The Balaban J connectivity index is 0.00000242. The van der Waals surface area contributed by atoms with Gasteiger partial charge in [0.05, 0.1) is 0 Å². The van der Waals surface area contributed by atoms with Gasteiger partial charge in [-0.3, -0.25) is 9.69 Å². The lowest BCUT2D eigenvalue weighted by Crippen LogP contribution is -2.33. The number of nitrogens with one attached hydrogen (secondary N) is 1. The van der Waals surface area contributed by atoms with Gasteiger partial charge in [0.15, 0.2) is 0 Å². The van der Waals surface area contributed by atoms with Crippen LogP contribution >= 0.6 is 24.8 Å². The minimum atomic E-state index is -0.106. The van der Waals surface area contributed by atoms with Gasteiger partial charge >= 0.3 is 0 Å². The fraction of sp³-hybridized carbons (Fsp3) is 0.588. The van der Waals surface area contributed by atoms with E-state index in [4.69, 9.17) is 5.73 Å². The van der Waals surface area contributed by atoms with Crippen LogP contribution < -0.4 is 11.1 Å². The maximum Gasteiger partial charge on any atom is 0.225 e. The van der Waals surface area contributed by atoms with Gasteiger partial charge in [0.2, 0.25) is 5.91 Å². The summed E-state index contributed by atoms with van der Waals surface area (Å²) in [6.07, 6.45) is 3.00. The Morgan fingerprint density at radius 1 is 1.35 bits per heavy atom. The smallest absolute Gasteiger partial charge is 0.225 e. The third kappa shape index (κ3) is 8.02. The molecule has 1 aliphatic heterocycles. The van der Waals surface area contributed by atoms with Crippen LogP contribution in [-0.4, -0.2) is 29.9 Å². The van der Waals surface area contributed by atoms with E-state index in [2.05, 4.69) is 29.3 Å². The lowest BCUT2D eigenvalue weighted by Gasteiger charge is -2.30. The summed E-state index contributed by atoms with van der Waals surface area (Å²) in [4.78, 5) is 14.2. The zero-order chi connectivity index (χ0) is 15.2. The van der Waals surface area contributed by atoms with Crippen molar-refractivity contribution in [3.8, 4) is 0 Å². The summed E-state index contributed by atoms with van der Waals surface area (Å²) >= 11 is 0. The van der Waals surface area contributed by atoms with E-state index in [-0.39, 0.29) is 36.8 Å². The highest BCUT2D eigenvalue weighted by atomic mass is 35.5. The number of halogens is 2. The Labute approximate surface area is 152 Å². The number of amides is 1. The highest BCUT2D eigenvalue weighted by Crippen LogP contribution is 2.18. The van der Waals surface area contributed by atoms with Crippen molar-refractivity contribution in [1.82, 2.24) is 4.90 Å². The molecule has 0 aromatic heterocycles. The van der Waals surface area contributed by atoms with E-state index >= 15 is 0 Å². The molecule has 2 atom stereocenters. The van der Waals surface area contributed by atoms with Gasteiger partial charge in [-0.25, -0.2) is 0 Å². The van der Waals surface area contributed by atoms with Crippen molar-refractivity contribution < 1.29 is 4.79 Å². The molecule has 0 radical (unpaired) electrons. The number of rotatable bonds is 5. The number of hydrogen-bond acceptors (Lipinski definition) is 3. The molecule has 1 aromatic carbocycles. The molecule has 1 fully saturated rings. The van der Waals surface area contributed by atoms with Crippen molar-refractivity contribution in [3.05, 3.63) is 29.8 Å². The number of anilines is 1. The van der Waals surface area contributed by atoms with Crippen molar-refractivity contribution in [3.63, 3.8) is 0 Å². The predicted octanol–water partition coefficient (Wildman–Crippen LogP) is 3.44. The number of hydrogen-bond donors (Lipinski definition) is 2. The summed E-state index contributed by atoms with van der Waals surface area (Å²) in [7, 11) is 0. The first-order valence-corrected chi connectivity index (χ1v) is 7.89. The van der Waals surface area contributed by atoms with Gasteiger partial charge in [-0.15, -0.1) is 24.8 Å². The quantitative estimate of drug-likeness (QED) is 0.844. The van der Waals surface area contributed by atoms with Gasteiger partial charge < -0.3 is 11.1 Å². The van der Waals surface area contributed by atoms with Crippen LogP contribution in [0.5, 0.6) is 0 Å². The standard InChI is InChI=1S/C17H27N3O.2ClH/c1-13-4-3-9-20(11-13)12-15-5-7-16(8-6-15)19-17(21)10-14(2)18;;/h5-8,13-14H,3-4,9-12,18H2,1-2H3,(H,19,21);2*1H. The average Bonchev–Trinajstić information content (AvgIpc) is 2.40. The Kier molecular flexibility index (Phi) is 10.5. The summed E-state index contributed by atoms with van der Waals surface area (Å²) < 4.78 is 0. The molecule has 132 valence electrons. The van der Waals surface area contributed by atoms with E-state index in [1.54, 1.807) is 0 Å². The minimum Gasteiger partial charge on any atom is -0.327 e. The molecule has 0 spiro atoms. The number of nitrogens with two attached hydrogens (primary N) is 1. The number of carbonyl (C=O) groups is 1. The molecular weight excluding hydrogens is 333 g/mol. The van der Waals surface area contributed by atoms with E-state index < -0.39 is 0 Å². The Hall–Kier alpha value is -0.810. The first kappa shape index (κ1) is 22.2. The van der Waals surface area contributed by atoms with Crippen LogP contribution in [0.1, 0.15) is 38.7 Å². The summed E-state index contributed by atoms with van der Waals surface area (Å²) in [5, 5.41) is 2.88. The normalized spacial score (nSPS) is 19.2. The van der Waals surface area contributed by atoms with E-state index in [0.29, 0.717) is 6.42 Å². The van der Waals surface area contributed by atoms with Crippen LogP contribution in [0, 0.1) is 5.92 Å². The third-order valence-corrected chi connectivity index (χ3v) is 3.89. The van der Waals surface area contributed by atoms with Crippen LogP contribution in [0.3, 0.4) is 0 Å². The second kappa shape index (κ2) is 10.9. The van der Waals surface area contributed by atoms with Gasteiger partial charge in [0.25, 0.3) is 0 Å². The van der Waals surface area contributed by atoms with Gasteiger partial charge in [0.1, 0.15) is 0 Å². The molecule has 6 heteroatoms. The van der Waals surface area contributed by atoms with Gasteiger partial charge in [-0.05, 0) is 49.9 Å². The monoisotopic (exact) mass is 361 g/mol. The molecule has 23 heavy (non-hydrogen) atoms. The molecular formula is C17H29Cl2N3O. The predicted molar refractivity (Wildman–Crippen MR) is 102 cm³/mol. The molecule has 0 aliphatic carbocycles. The van der Waals surface area contributed by atoms with Crippen molar-refractivity contribution in [2.45, 2.75) is 45.7 Å². The fourth-order valence-electron chi connectivity index (χ4n) is 2.89. The van der Waals surface area contributed by atoms with Gasteiger partial charge in [-0.1, -0.05) is 19.1 Å². The largest absolute Gasteiger partial charge is 0.327 e. The van der Waals surface area contributed by atoms with Crippen molar-refractivity contribution >= 4 is 36.4 Å². The average molecular weight is 362 g/mol. The SMILES string of the molecule is CC(N)CC(=O)Nc1ccc(CN2CCCC(C)C2)cc1.Cl.Cl. The molecule has 2 rings (SSSR count). The molecule has 1 aromatic rings. The van der Waals surface area contributed by atoms with Crippen molar-refractivity contribution in [2.24, 2.45) is 11.7 Å². The second-order valence-corrected chi connectivity index (χ2v) is 6.41. The Bertz CT molecular complexity index is 465. The van der Waals surface area contributed by atoms with Crippen molar-refractivity contribution in [1.29, 1.82) is 0 Å². The van der Waals surface area contributed by atoms with E-state index in [9.17, 15) is 4.79 Å². The van der Waals surface area contributed by atoms with E-state index in [1.165, 1.54) is 31.5 Å². The number of carbonyl (C=O) groups excluding carboxylic acids is 1. The number of piperidine rings is 1. The van der Waals surface area contributed by atoms with E-state index in [0.717, 1.165) is 18.2 Å². The zero-order valence-electron chi connectivity index (χ0n) is 14.0. The number of nitrogens with zero attached hydrogens (tertiary/aromatic N) is 1. The maximum absolute atomic E-state index is 11.7. The Morgan fingerprint density at radius 2 is 2.00 bits per heavy atom. The molecule has 1 aliphatic rings. The first-order valence-electron chi connectivity index (χ1n) is 7.89. The summed E-state index contributed by atoms with van der Waals surface area (Å²) in [6, 6.07) is 8.04. The van der Waals surface area contributed by atoms with Crippen LogP contribution in [0.25, 0.3) is 0 Å². The summed E-state index contributed by atoms with van der Waals surface area (Å²) in [5.41, 5.74) is 7.76. The maximum atomic E-state index is 11.7. The van der Waals surface area contributed by atoms with Gasteiger partial charge in [-0.2, -0.15) is 0 Å². The van der Waals surface area contributed by atoms with Crippen LogP contribution in [0.15, 0.2) is 24.3 Å². The molecule has 0 saturated carbocycles. The minimum absolute atomic E-state index is 0. The van der Waals surface area contributed by atoms with Crippen LogP contribution in [0.4, 0.5) is 5.69 Å². The molecule has 1 saturated heterocycles. The van der Waals surface area contributed by atoms with E-state index in [1.807, 2.05) is 19.1 Å². The van der Waals surface area contributed by atoms with Crippen LogP contribution in [-0.2, 0) is 11.3 Å². The molecule has 1 heterocycles. The summed E-state index contributed by atoms with van der Waals surface area (Å²) in [6.45, 7) is 7.54. The fourth-order valence-corrected chi connectivity index (χ4v) is 2.89. The Morgan fingerprint density at radius 3 is 2.57 bits per heavy atom. The molecule has 4 nitrogen and oxygen atoms in total. The first-order chi connectivity index (χ1) is 10.0. The number of likely N-dealkylation sites (tertiary alicyclic amines) is 1. The molecule has 3 N–H and O–H groups in total. The molecule has 0 bridgehead atoms. The third-order valence-electron chi connectivity index (χ3n) is 3.89. The summed E-state index contributed by atoms with van der Waals surface area (Å²) in [5.74, 6) is 0.776. The lowest BCUT2D eigenvalue weighted by atomic mass is 10.00.